The van der Waals surface area contributed by atoms with Crippen LogP contribution in [0.2, 0.25) is 5.02 Å². The molecule has 2 atom stereocenters. The molecule has 2 N–H and O–H groups in total. The molecule has 0 aromatic heterocycles. The molecule has 1 aromatic rings. The van der Waals surface area contributed by atoms with Gasteiger partial charge in [0.1, 0.15) is 0 Å². The molecule has 16 heavy (non-hydrogen) atoms. The van der Waals surface area contributed by atoms with Crippen molar-refractivity contribution in [2.45, 2.75) is 37.6 Å². The Morgan fingerprint density at radius 2 is 1.94 bits per heavy atom. The number of benzene rings is 1. The van der Waals surface area contributed by atoms with Gasteiger partial charge in [0.15, 0.2) is 0 Å². The maximum atomic E-state index is 6.54. The zero-order valence-corrected chi connectivity index (χ0v) is 10.2. The van der Waals surface area contributed by atoms with Gasteiger partial charge in [0.2, 0.25) is 0 Å². The normalized spacial score (nSPS) is 36.9. The minimum absolute atomic E-state index is 0.0845. The number of nitrogens with two attached hydrogens (primary N) is 1. The van der Waals surface area contributed by atoms with Crippen LogP contribution in [-0.2, 0) is 6.42 Å². The van der Waals surface area contributed by atoms with Gasteiger partial charge >= 0.3 is 0 Å². The number of hydrogen-bond donors (Lipinski definition) is 1. The second kappa shape index (κ2) is 3.75. The summed E-state index contributed by atoms with van der Waals surface area (Å²) in [4.78, 5) is 0. The molecular formula is C14H18ClN. The molecule has 0 aliphatic heterocycles. The van der Waals surface area contributed by atoms with E-state index in [-0.39, 0.29) is 5.54 Å². The molecule has 0 heterocycles. The van der Waals surface area contributed by atoms with Gasteiger partial charge < -0.3 is 5.73 Å². The highest BCUT2D eigenvalue weighted by Gasteiger charge is 2.61. The van der Waals surface area contributed by atoms with E-state index in [0.717, 1.165) is 23.3 Å². The Kier molecular flexibility index (Phi) is 2.49. The molecule has 2 aliphatic rings. The highest BCUT2D eigenvalue weighted by Crippen LogP contribution is 2.58. The third-order valence-electron chi connectivity index (χ3n) is 4.44. The number of hydrogen-bond acceptors (Lipinski definition) is 1. The second-order valence-electron chi connectivity index (χ2n) is 5.42. The van der Waals surface area contributed by atoms with Gasteiger partial charge in [-0.05, 0) is 48.8 Å². The molecule has 1 nitrogen and oxygen atoms in total. The van der Waals surface area contributed by atoms with Gasteiger partial charge in [-0.1, -0.05) is 36.6 Å². The van der Waals surface area contributed by atoms with Crippen molar-refractivity contribution in [1.82, 2.24) is 0 Å². The van der Waals surface area contributed by atoms with Crippen molar-refractivity contribution in [2.75, 3.05) is 0 Å². The summed E-state index contributed by atoms with van der Waals surface area (Å²) in [5.74, 6) is 1.56. The van der Waals surface area contributed by atoms with Crippen molar-refractivity contribution >= 4 is 11.6 Å². The van der Waals surface area contributed by atoms with Crippen molar-refractivity contribution in [1.29, 1.82) is 0 Å². The van der Waals surface area contributed by atoms with E-state index in [2.05, 4.69) is 12.1 Å². The second-order valence-corrected chi connectivity index (χ2v) is 5.85. The molecule has 2 unspecified atom stereocenters. The fourth-order valence-corrected chi connectivity index (χ4v) is 3.77. The molecule has 0 spiro atoms. The minimum Gasteiger partial charge on any atom is -0.324 e. The molecule has 1 aromatic carbocycles. The van der Waals surface area contributed by atoms with Crippen LogP contribution in [0, 0.1) is 11.8 Å². The van der Waals surface area contributed by atoms with E-state index in [9.17, 15) is 0 Å². The van der Waals surface area contributed by atoms with E-state index in [1.165, 1.54) is 31.2 Å². The lowest BCUT2D eigenvalue weighted by Gasteiger charge is -2.11. The smallest absolute Gasteiger partial charge is 0.0408 e. The average molecular weight is 236 g/mol. The molecular weight excluding hydrogens is 218 g/mol. The highest BCUT2D eigenvalue weighted by atomic mass is 35.5. The summed E-state index contributed by atoms with van der Waals surface area (Å²) in [6, 6.07) is 8.15. The number of fused-ring (bicyclic) bond motifs is 1. The van der Waals surface area contributed by atoms with Crippen molar-refractivity contribution < 1.29 is 0 Å². The van der Waals surface area contributed by atoms with Crippen LogP contribution >= 0.6 is 11.6 Å². The topological polar surface area (TPSA) is 26.0 Å². The van der Waals surface area contributed by atoms with Crippen LogP contribution in [0.25, 0.3) is 0 Å². The van der Waals surface area contributed by atoms with Gasteiger partial charge in [-0.15, -0.1) is 0 Å². The molecule has 3 rings (SSSR count). The lowest BCUT2D eigenvalue weighted by atomic mass is 10.0. The third-order valence-corrected chi connectivity index (χ3v) is 4.67. The first-order valence-corrected chi connectivity index (χ1v) is 6.61. The fraction of sp³-hybridized carbons (Fsp3) is 0.571. The van der Waals surface area contributed by atoms with Crippen LogP contribution in [-0.4, -0.2) is 5.54 Å². The molecule has 0 amide bonds. The Hall–Kier alpha value is -0.530. The Morgan fingerprint density at radius 1 is 1.25 bits per heavy atom. The first-order chi connectivity index (χ1) is 7.70. The van der Waals surface area contributed by atoms with E-state index in [1.54, 1.807) is 0 Å². The lowest BCUT2D eigenvalue weighted by Crippen LogP contribution is -2.29. The zero-order chi connectivity index (χ0) is 11.2. The van der Waals surface area contributed by atoms with Gasteiger partial charge in [-0.25, -0.2) is 0 Å². The highest BCUT2D eigenvalue weighted by molar-refractivity contribution is 6.30. The predicted molar refractivity (Wildman–Crippen MR) is 67.5 cm³/mol. The van der Waals surface area contributed by atoms with Crippen molar-refractivity contribution in [3.63, 3.8) is 0 Å². The van der Waals surface area contributed by atoms with Gasteiger partial charge in [0.05, 0.1) is 0 Å². The molecule has 0 radical (unpaired) electrons. The summed E-state index contributed by atoms with van der Waals surface area (Å²) in [5, 5.41) is 0.824. The summed E-state index contributed by atoms with van der Waals surface area (Å²) in [6.07, 6.45) is 6.41. The SMILES string of the molecule is NC1(Cc2cccc(Cl)c2)C2CCCCC21. The zero-order valence-electron chi connectivity index (χ0n) is 9.45. The molecule has 2 heteroatoms. The van der Waals surface area contributed by atoms with E-state index in [0.29, 0.717) is 0 Å². The maximum absolute atomic E-state index is 6.54. The van der Waals surface area contributed by atoms with Crippen molar-refractivity contribution in [3.8, 4) is 0 Å². The summed E-state index contributed by atoms with van der Waals surface area (Å²) in [5.41, 5.74) is 7.92. The molecule has 2 aliphatic carbocycles. The summed E-state index contributed by atoms with van der Waals surface area (Å²) >= 11 is 6.01. The average Bonchev–Trinajstić information content (AvgIpc) is 2.85. The Balaban J connectivity index is 1.76. The van der Waals surface area contributed by atoms with Crippen molar-refractivity contribution in [3.05, 3.63) is 34.9 Å². The third kappa shape index (κ3) is 1.66. The molecule has 2 saturated carbocycles. The van der Waals surface area contributed by atoms with Crippen LogP contribution in [0.1, 0.15) is 31.2 Å². The standard InChI is InChI=1S/C14H18ClN/c15-11-5-3-4-10(8-11)9-14(16)12-6-1-2-7-13(12)14/h3-5,8,12-13H,1-2,6-7,9,16H2. The number of rotatable bonds is 2. The van der Waals surface area contributed by atoms with Gasteiger partial charge in [-0.2, -0.15) is 0 Å². The van der Waals surface area contributed by atoms with E-state index < -0.39 is 0 Å². The largest absolute Gasteiger partial charge is 0.324 e. The molecule has 2 fully saturated rings. The van der Waals surface area contributed by atoms with Crippen molar-refractivity contribution in [2.24, 2.45) is 17.6 Å². The maximum Gasteiger partial charge on any atom is 0.0408 e. The van der Waals surface area contributed by atoms with E-state index >= 15 is 0 Å². The molecule has 86 valence electrons. The van der Waals surface area contributed by atoms with E-state index in [1.807, 2.05) is 12.1 Å². The first-order valence-electron chi connectivity index (χ1n) is 6.23. The lowest BCUT2D eigenvalue weighted by molar-refractivity contribution is 0.480. The minimum atomic E-state index is 0.0845. The first kappa shape index (κ1) is 10.6. The Labute approximate surface area is 102 Å². The quantitative estimate of drug-likeness (QED) is 0.836. The number of halogens is 1. The van der Waals surface area contributed by atoms with Gasteiger partial charge in [-0.3, -0.25) is 0 Å². The van der Waals surface area contributed by atoms with E-state index in [4.69, 9.17) is 17.3 Å². The van der Waals surface area contributed by atoms with Crippen LogP contribution in [0.15, 0.2) is 24.3 Å². The predicted octanol–water partition coefficient (Wildman–Crippen LogP) is 3.40. The summed E-state index contributed by atoms with van der Waals surface area (Å²) in [6.45, 7) is 0. The van der Waals surface area contributed by atoms with Gasteiger partial charge in [0, 0.05) is 10.6 Å². The van der Waals surface area contributed by atoms with Crippen LogP contribution in [0.3, 0.4) is 0 Å². The monoisotopic (exact) mass is 235 g/mol. The van der Waals surface area contributed by atoms with Crippen LogP contribution in [0.5, 0.6) is 0 Å². The molecule has 0 saturated heterocycles. The Morgan fingerprint density at radius 3 is 2.56 bits per heavy atom. The fourth-order valence-electron chi connectivity index (χ4n) is 3.56. The van der Waals surface area contributed by atoms with Crippen LogP contribution < -0.4 is 5.73 Å². The Bertz CT molecular complexity index is 389. The summed E-state index contributed by atoms with van der Waals surface area (Å²) < 4.78 is 0. The molecule has 0 bridgehead atoms. The van der Waals surface area contributed by atoms with Gasteiger partial charge in [0.25, 0.3) is 0 Å². The summed E-state index contributed by atoms with van der Waals surface area (Å²) in [7, 11) is 0. The van der Waals surface area contributed by atoms with Crippen LogP contribution in [0.4, 0.5) is 0 Å².